The second kappa shape index (κ2) is 7.97. The van der Waals surface area contributed by atoms with Gasteiger partial charge in [-0.15, -0.1) is 5.10 Å². The molecular weight excluding hydrogens is 396 g/mol. The van der Waals surface area contributed by atoms with E-state index in [1.165, 1.54) is 24.8 Å². The molecule has 6 atom stereocenters. The SMILES string of the molecule is C/C=C1/[C@@H](n2cc(CCCC#N)nn2)C[C@H]2[C@@H]3CCC4=CC(=O)CC[C@]4(C)[C@H]3CC[C@]12C. The van der Waals surface area contributed by atoms with E-state index in [0.29, 0.717) is 30.1 Å². The molecule has 0 aliphatic heterocycles. The van der Waals surface area contributed by atoms with E-state index in [9.17, 15) is 4.79 Å². The van der Waals surface area contributed by atoms with Crippen LogP contribution in [0.15, 0.2) is 29.5 Å². The average molecular weight is 433 g/mol. The molecule has 0 saturated heterocycles. The molecule has 5 nitrogen and oxygen atoms in total. The molecule has 0 N–H and O–H groups in total. The van der Waals surface area contributed by atoms with Crippen molar-refractivity contribution in [2.24, 2.45) is 28.6 Å². The highest BCUT2D eigenvalue weighted by atomic mass is 16.1. The molecule has 4 aliphatic carbocycles. The van der Waals surface area contributed by atoms with Crippen LogP contribution in [0.2, 0.25) is 0 Å². The third kappa shape index (κ3) is 3.21. The van der Waals surface area contributed by atoms with Gasteiger partial charge in [-0.2, -0.15) is 5.26 Å². The van der Waals surface area contributed by atoms with E-state index >= 15 is 0 Å². The number of carbonyl (C=O) groups is 1. The second-order valence-electron chi connectivity index (χ2n) is 11.1. The fraction of sp³-hybridized carbons (Fsp3) is 0.704. The van der Waals surface area contributed by atoms with E-state index in [1.54, 1.807) is 5.57 Å². The fourth-order valence-electron chi connectivity index (χ4n) is 8.12. The Morgan fingerprint density at radius 2 is 2.06 bits per heavy atom. The van der Waals surface area contributed by atoms with E-state index in [2.05, 4.69) is 54.1 Å². The molecule has 0 unspecified atom stereocenters. The van der Waals surface area contributed by atoms with Crippen molar-refractivity contribution in [2.75, 3.05) is 0 Å². The highest BCUT2D eigenvalue weighted by molar-refractivity contribution is 5.91. The predicted octanol–water partition coefficient (Wildman–Crippen LogP) is 5.75. The summed E-state index contributed by atoms with van der Waals surface area (Å²) in [4.78, 5) is 12.1. The third-order valence-electron chi connectivity index (χ3n) is 9.76. The Bertz CT molecular complexity index is 1010. The Morgan fingerprint density at radius 1 is 1.22 bits per heavy atom. The van der Waals surface area contributed by atoms with Crippen molar-refractivity contribution >= 4 is 5.78 Å². The summed E-state index contributed by atoms with van der Waals surface area (Å²) in [5, 5.41) is 17.8. The molecule has 3 fully saturated rings. The topological polar surface area (TPSA) is 71.6 Å². The summed E-state index contributed by atoms with van der Waals surface area (Å²) in [7, 11) is 0. The standard InChI is InChI=1S/C27H36N4O/c1-4-22-25(31-17-19(29-30-31)7-5-6-14-28)16-24-21-9-8-18-15-20(32)10-12-26(18,2)23(21)11-13-27(22,24)3/h4,15,17,21,23-25H,5-13,16H2,1-3H3/b22-4-/t21-,23+,24+,25+,26+,27-/m1/s1. The number of hydrogen-bond donors (Lipinski definition) is 0. The van der Waals surface area contributed by atoms with Crippen LogP contribution < -0.4 is 0 Å². The number of carbonyl (C=O) groups excluding carboxylic acids is 1. The largest absolute Gasteiger partial charge is 0.295 e. The molecule has 3 saturated carbocycles. The van der Waals surface area contributed by atoms with Crippen LogP contribution in [-0.2, 0) is 11.2 Å². The van der Waals surface area contributed by atoms with Gasteiger partial charge in [0.15, 0.2) is 5.78 Å². The smallest absolute Gasteiger partial charge is 0.155 e. The molecule has 0 spiro atoms. The van der Waals surface area contributed by atoms with Gasteiger partial charge in [0.05, 0.1) is 17.8 Å². The number of nitrogens with zero attached hydrogens (tertiary/aromatic N) is 4. The normalized spacial score (nSPS) is 39.8. The van der Waals surface area contributed by atoms with Crippen LogP contribution >= 0.6 is 0 Å². The van der Waals surface area contributed by atoms with Crippen LogP contribution in [0.4, 0.5) is 0 Å². The van der Waals surface area contributed by atoms with E-state index in [-0.39, 0.29) is 10.8 Å². The van der Waals surface area contributed by atoms with Crippen LogP contribution in [0, 0.1) is 39.9 Å². The van der Waals surface area contributed by atoms with Gasteiger partial charge in [-0.3, -0.25) is 4.79 Å². The molecule has 1 heterocycles. The zero-order valence-electron chi connectivity index (χ0n) is 19.8. The van der Waals surface area contributed by atoms with Crippen molar-refractivity contribution in [1.82, 2.24) is 15.0 Å². The summed E-state index contributed by atoms with van der Waals surface area (Å²) < 4.78 is 2.12. The lowest BCUT2D eigenvalue weighted by atomic mass is 9.47. The van der Waals surface area contributed by atoms with Crippen molar-refractivity contribution in [1.29, 1.82) is 5.26 Å². The highest BCUT2D eigenvalue weighted by Gasteiger charge is 2.59. The van der Waals surface area contributed by atoms with Crippen molar-refractivity contribution < 1.29 is 4.79 Å². The summed E-state index contributed by atoms with van der Waals surface area (Å²) in [5.74, 6) is 2.43. The summed E-state index contributed by atoms with van der Waals surface area (Å²) in [5.41, 5.74) is 4.43. The number of unbranched alkanes of at least 4 members (excludes halogenated alkanes) is 1. The molecule has 0 radical (unpaired) electrons. The summed E-state index contributed by atoms with van der Waals surface area (Å²) in [6, 6.07) is 2.51. The molecule has 1 aromatic heterocycles. The Hall–Kier alpha value is -2.22. The molecule has 0 bridgehead atoms. The van der Waals surface area contributed by atoms with E-state index in [0.717, 1.165) is 50.1 Å². The minimum Gasteiger partial charge on any atom is -0.295 e. The number of hydrogen-bond acceptors (Lipinski definition) is 4. The Morgan fingerprint density at radius 3 is 2.84 bits per heavy atom. The van der Waals surface area contributed by atoms with Gasteiger partial charge in [0.1, 0.15) is 0 Å². The molecule has 0 aromatic carbocycles. The first-order valence-corrected chi connectivity index (χ1v) is 12.6. The zero-order chi connectivity index (χ0) is 22.5. The number of fused-ring (bicyclic) bond motifs is 5. The highest BCUT2D eigenvalue weighted by Crippen LogP contribution is 2.68. The minimum atomic E-state index is 0.216. The van der Waals surface area contributed by atoms with Gasteiger partial charge in [-0.05, 0) is 98.5 Å². The molecule has 1 aromatic rings. The summed E-state index contributed by atoms with van der Waals surface area (Å²) in [6.45, 7) is 7.16. The van der Waals surface area contributed by atoms with E-state index in [1.807, 2.05) is 6.08 Å². The molecular formula is C27H36N4O. The van der Waals surface area contributed by atoms with Crippen LogP contribution in [0.5, 0.6) is 0 Å². The van der Waals surface area contributed by atoms with E-state index < -0.39 is 0 Å². The molecule has 5 rings (SSSR count). The zero-order valence-corrected chi connectivity index (χ0v) is 19.8. The Kier molecular flexibility index (Phi) is 5.39. The number of ketones is 1. The lowest BCUT2D eigenvalue weighted by Crippen LogP contribution is -2.49. The van der Waals surface area contributed by atoms with Crippen molar-refractivity contribution in [3.8, 4) is 6.07 Å². The molecule has 170 valence electrons. The third-order valence-corrected chi connectivity index (χ3v) is 9.76. The van der Waals surface area contributed by atoms with Gasteiger partial charge >= 0.3 is 0 Å². The monoisotopic (exact) mass is 432 g/mol. The molecule has 5 heteroatoms. The molecule has 32 heavy (non-hydrogen) atoms. The Labute approximate surface area is 192 Å². The first-order chi connectivity index (χ1) is 15.4. The number of nitriles is 1. The van der Waals surface area contributed by atoms with Crippen LogP contribution in [-0.4, -0.2) is 20.8 Å². The summed E-state index contributed by atoms with van der Waals surface area (Å²) in [6.07, 6.45) is 16.4. The van der Waals surface area contributed by atoms with Gasteiger partial charge < -0.3 is 0 Å². The van der Waals surface area contributed by atoms with Gasteiger partial charge in [-0.1, -0.05) is 30.7 Å². The fourth-order valence-corrected chi connectivity index (χ4v) is 8.12. The first-order valence-electron chi connectivity index (χ1n) is 12.6. The van der Waals surface area contributed by atoms with Crippen molar-refractivity contribution in [3.63, 3.8) is 0 Å². The van der Waals surface area contributed by atoms with Crippen LogP contribution in [0.3, 0.4) is 0 Å². The van der Waals surface area contributed by atoms with Crippen LogP contribution in [0.25, 0.3) is 0 Å². The minimum absolute atomic E-state index is 0.216. The maximum absolute atomic E-state index is 12.1. The quantitative estimate of drug-likeness (QED) is 0.448. The van der Waals surface area contributed by atoms with Gasteiger partial charge in [-0.25, -0.2) is 4.68 Å². The number of aryl methyl sites for hydroxylation is 1. The van der Waals surface area contributed by atoms with E-state index in [4.69, 9.17) is 5.26 Å². The predicted molar refractivity (Wildman–Crippen MR) is 123 cm³/mol. The maximum atomic E-state index is 12.1. The molecule has 0 amide bonds. The second-order valence-corrected chi connectivity index (χ2v) is 11.1. The lowest BCUT2D eigenvalue weighted by molar-refractivity contribution is -0.117. The van der Waals surface area contributed by atoms with Crippen molar-refractivity contribution in [3.05, 3.63) is 35.2 Å². The number of rotatable bonds is 4. The number of allylic oxidation sites excluding steroid dienone is 3. The first kappa shape index (κ1) is 21.6. The van der Waals surface area contributed by atoms with Gasteiger partial charge in [0, 0.05) is 19.0 Å². The van der Waals surface area contributed by atoms with Crippen LogP contribution in [0.1, 0.15) is 90.3 Å². The van der Waals surface area contributed by atoms with Gasteiger partial charge in [0.2, 0.25) is 0 Å². The average Bonchev–Trinajstić information content (AvgIpc) is 3.36. The Balaban J connectivity index is 1.42. The van der Waals surface area contributed by atoms with Gasteiger partial charge in [0.25, 0.3) is 0 Å². The number of aromatic nitrogens is 3. The maximum Gasteiger partial charge on any atom is 0.155 e. The summed E-state index contributed by atoms with van der Waals surface area (Å²) >= 11 is 0. The lowest BCUT2D eigenvalue weighted by Gasteiger charge is -2.57. The molecule has 4 aliphatic rings. The van der Waals surface area contributed by atoms with Crippen molar-refractivity contribution in [2.45, 2.75) is 91.0 Å².